The zero-order valence-corrected chi connectivity index (χ0v) is 19.8. The van der Waals surface area contributed by atoms with Gasteiger partial charge in [0.1, 0.15) is 0 Å². The molecule has 2 N–H and O–H groups in total. The summed E-state index contributed by atoms with van der Waals surface area (Å²) in [6.45, 7) is 12.9. The van der Waals surface area contributed by atoms with Gasteiger partial charge in [0.05, 0.1) is 31.5 Å². The van der Waals surface area contributed by atoms with Crippen LogP contribution in [0.2, 0.25) is 0 Å². The van der Waals surface area contributed by atoms with E-state index in [0.717, 1.165) is 29.5 Å². The Balaban J connectivity index is 0.00000392. The van der Waals surface area contributed by atoms with Gasteiger partial charge in [-0.15, -0.1) is 24.0 Å². The van der Waals surface area contributed by atoms with E-state index in [4.69, 9.17) is 9.26 Å². The first-order chi connectivity index (χ1) is 13.0. The Morgan fingerprint density at radius 2 is 1.79 bits per heavy atom. The average molecular weight is 500 g/mol. The van der Waals surface area contributed by atoms with Crippen molar-refractivity contribution in [1.29, 1.82) is 0 Å². The second kappa shape index (κ2) is 12.8. The smallest absolute Gasteiger partial charge is 0.191 e. The van der Waals surface area contributed by atoms with Crippen molar-refractivity contribution < 1.29 is 9.26 Å². The summed E-state index contributed by atoms with van der Waals surface area (Å²) >= 11 is 0. The largest absolute Gasteiger partial charge is 0.374 e. The first kappa shape index (κ1) is 24.4. The quantitative estimate of drug-likeness (QED) is 0.299. The number of nitrogens with one attached hydrogen (secondary N) is 2. The minimum atomic E-state index is 0. The number of guanidine groups is 1. The molecule has 0 bridgehead atoms. The summed E-state index contributed by atoms with van der Waals surface area (Å²) in [4.78, 5) is 4.65. The Bertz CT molecular complexity index is 711. The number of nitrogens with zero attached hydrogens (tertiary/aromatic N) is 2. The molecule has 0 aliphatic carbocycles. The van der Waals surface area contributed by atoms with Gasteiger partial charge in [0.2, 0.25) is 0 Å². The highest BCUT2D eigenvalue weighted by Crippen LogP contribution is 2.13. The van der Waals surface area contributed by atoms with Crippen molar-refractivity contribution in [2.24, 2.45) is 4.99 Å². The molecule has 0 aliphatic heterocycles. The fraction of sp³-hybridized carbons (Fsp3) is 0.524. The lowest BCUT2D eigenvalue weighted by molar-refractivity contribution is 0.0657. The number of benzene rings is 1. The van der Waals surface area contributed by atoms with Crippen molar-refractivity contribution in [3.63, 3.8) is 0 Å². The van der Waals surface area contributed by atoms with Crippen molar-refractivity contribution in [3.8, 4) is 0 Å². The molecule has 28 heavy (non-hydrogen) atoms. The molecule has 0 saturated heterocycles. The molecule has 0 aliphatic rings. The van der Waals surface area contributed by atoms with Gasteiger partial charge < -0.3 is 19.9 Å². The molecule has 1 aromatic heterocycles. The molecule has 156 valence electrons. The van der Waals surface area contributed by atoms with Gasteiger partial charge in [-0.25, -0.2) is 4.99 Å². The molecule has 2 rings (SSSR count). The zero-order chi connectivity index (χ0) is 19.6. The number of aromatic nitrogens is 1. The van der Waals surface area contributed by atoms with Crippen molar-refractivity contribution in [2.75, 3.05) is 6.54 Å². The van der Waals surface area contributed by atoms with Crippen LogP contribution in [0.25, 0.3) is 0 Å². The second-order valence-corrected chi connectivity index (χ2v) is 7.10. The van der Waals surface area contributed by atoms with E-state index in [1.165, 1.54) is 5.56 Å². The molecule has 6 nitrogen and oxygen atoms in total. The number of hydrogen-bond donors (Lipinski definition) is 2. The van der Waals surface area contributed by atoms with Crippen LogP contribution in [-0.4, -0.2) is 23.8 Å². The normalized spacial score (nSPS) is 11.6. The minimum absolute atomic E-state index is 0. The van der Waals surface area contributed by atoms with Gasteiger partial charge in [0.25, 0.3) is 0 Å². The monoisotopic (exact) mass is 500 g/mol. The van der Waals surface area contributed by atoms with E-state index in [-0.39, 0.29) is 30.1 Å². The standard InChI is InChI=1S/C21H32N4O2.HI/c1-6-22-21(24-13-19-11-20(15(2)3)25-27-19)23-12-17-7-9-18(10-8-17)14-26-16(4)5;/h7-11,15-16H,6,12-14H2,1-5H3,(H2,22,23,24);1H. The molecular formula is C21H33IN4O2. The van der Waals surface area contributed by atoms with E-state index in [2.05, 4.69) is 58.9 Å². The van der Waals surface area contributed by atoms with Gasteiger partial charge in [-0.3, -0.25) is 0 Å². The third kappa shape index (κ3) is 8.60. The van der Waals surface area contributed by atoms with Crippen LogP contribution in [-0.2, 0) is 24.4 Å². The zero-order valence-electron chi connectivity index (χ0n) is 17.5. The molecule has 7 heteroatoms. The maximum Gasteiger partial charge on any atom is 0.191 e. The third-order valence-corrected chi connectivity index (χ3v) is 3.97. The van der Waals surface area contributed by atoms with Gasteiger partial charge in [-0.1, -0.05) is 43.3 Å². The number of rotatable bonds is 9. The van der Waals surface area contributed by atoms with Crippen LogP contribution in [0.15, 0.2) is 39.8 Å². The fourth-order valence-corrected chi connectivity index (χ4v) is 2.37. The number of halogens is 1. The number of aliphatic imine (C=N–C) groups is 1. The van der Waals surface area contributed by atoms with Crippen LogP contribution in [0, 0.1) is 0 Å². The van der Waals surface area contributed by atoms with Gasteiger partial charge in [0.15, 0.2) is 11.7 Å². The van der Waals surface area contributed by atoms with Crippen molar-refractivity contribution in [1.82, 2.24) is 15.8 Å². The van der Waals surface area contributed by atoms with Crippen LogP contribution in [0.5, 0.6) is 0 Å². The molecule has 0 amide bonds. The Labute approximate surface area is 185 Å². The van der Waals surface area contributed by atoms with E-state index in [1.807, 2.05) is 26.8 Å². The Morgan fingerprint density at radius 1 is 1.11 bits per heavy atom. The second-order valence-electron chi connectivity index (χ2n) is 7.10. The highest BCUT2D eigenvalue weighted by Gasteiger charge is 2.08. The summed E-state index contributed by atoms with van der Waals surface area (Å²) in [5, 5.41) is 10.6. The minimum Gasteiger partial charge on any atom is -0.374 e. The summed E-state index contributed by atoms with van der Waals surface area (Å²) in [5.74, 6) is 1.92. The third-order valence-electron chi connectivity index (χ3n) is 3.97. The van der Waals surface area contributed by atoms with Crippen molar-refractivity contribution >= 4 is 29.9 Å². The SMILES string of the molecule is CCNC(=NCc1ccc(COC(C)C)cc1)NCc1cc(C(C)C)no1.I. The molecule has 0 saturated carbocycles. The Hall–Kier alpha value is -1.61. The number of hydrogen-bond acceptors (Lipinski definition) is 4. The lowest BCUT2D eigenvalue weighted by atomic mass is 10.1. The van der Waals surface area contributed by atoms with Crippen LogP contribution in [0.4, 0.5) is 0 Å². The van der Waals surface area contributed by atoms with Crippen LogP contribution >= 0.6 is 24.0 Å². The molecule has 0 spiro atoms. The fourth-order valence-electron chi connectivity index (χ4n) is 2.37. The Kier molecular flexibility index (Phi) is 11.1. The van der Waals surface area contributed by atoms with Gasteiger partial charge in [-0.2, -0.15) is 0 Å². The molecule has 1 aromatic carbocycles. The number of ether oxygens (including phenoxy) is 1. The highest BCUT2D eigenvalue weighted by molar-refractivity contribution is 14.0. The van der Waals surface area contributed by atoms with Gasteiger partial charge >= 0.3 is 0 Å². The van der Waals surface area contributed by atoms with E-state index in [1.54, 1.807) is 0 Å². The highest BCUT2D eigenvalue weighted by atomic mass is 127. The molecule has 0 unspecified atom stereocenters. The Morgan fingerprint density at radius 3 is 2.36 bits per heavy atom. The molecule has 0 atom stereocenters. The van der Waals surface area contributed by atoms with Crippen LogP contribution in [0.1, 0.15) is 63.1 Å². The van der Waals surface area contributed by atoms with Crippen LogP contribution in [0.3, 0.4) is 0 Å². The lowest BCUT2D eigenvalue weighted by Gasteiger charge is -2.10. The summed E-state index contributed by atoms with van der Waals surface area (Å²) in [6, 6.07) is 10.4. The predicted octanol–water partition coefficient (Wildman–Crippen LogP) is 4.60. The predicted molar refractivity (Wildman–Crippen MR) is 124 cm³/mol. The summed E-state index contributed by atoms with van der Waals surface area (Å²) < 4.78 is 11.0. The topological polar surface area (TPSA) is 71.7 Å². The molecule has 0 radical (unpaired) electrons. The molecule has 0 fully saturated rings. The summed E-state index contributed by atoms with van der Waals surface area (Å²) in [5.41, 5.74) is 3.30. The van der Waals surface area contributed by atoms with Crippen molar-refractivity contribution in [3.05, 3.63) is 52.9 Å². The molecule has 1 heterocycles. The first-order valence-electron chi connectivity index (χ1n) is 9.65. The maximum absolute atomic E-state index is 5.63. The average Bonchev–Trinajstić information content (AvgIpc) is 3.12. The van der Waals surface area contributed by atoms with E-state index in [9.17, 15) is 0 Å². The van der Waals surface area contributed by atoms with Crippen LogP contribution < -0.4 is 10.6 Å². The molecular weight excluding hydrogens is 467 g/mol. The van der Waals surface area contributed by atoms with E-state index < -0.39 is 0 Å². The van der Waals surface area contributed by atoms with Gasteiger partial charge in [0, 0.05) is 12.6 Å². The summed E-state index contributed by atoms with van der Waals surface area (Å²) in [6.07, 6.45) is 0.240. The van der Waals surface area contributed by atoms with Gasteiger partial charge in [-0.05, 0) is 37.8 Å². The molecule has 2 aromatic rings. The first-order valence-corrected chi connectivity index (χ1v) is 9.65. The summed E-state index contributed by atoms with van der Waals surface area (Å²) in [7, 11) is 0. The van der Waals surface area contributed by atoms with E-state index >= 15 is 0 Å². The van der Waals surface area contributed by atoms with E-state index in [0.29, 0.717) is 25.6 Å². The lowest BCUT2D eigenvalue weighted by Crippen LogP contribution is -2.36. The maximum atomic E-state index is 5.63. The van der Waals surface area contributed by atoms with Crippen molar-refractivity contribution in [2.45, 2.75) is 66.3 Å².